The molecule has 7 heteroatoms. The summed E-state index contributed by atoms with van der Waals surface area (Å²) in [6.07, 6.45) is 3.77. The number of rotatable bonds is 3. The van der Waals surface area contributed by atoms with Crippen LogP contribution in [0.4, 0.5) is 15.8 Å². The quantitative estimate of drug-likeness (QED) is 0.527. The van der Waals surface area contributed by atoms with E-state index in [0.29, 0.717) is 16.3 Å². The number of hydrogen-bond donors (Lipinski definition) is 1. The van der Waals surface area contributed by atoms with Crippen molar-refractivity contribution in [2.45, 2.75) is 24.4 Å². The van der Waals surface area contributed by atoms with Crippen LogP contribution in [-0.4, -0.2) is 29.6 Å². The Bertz CT molecular complexity index is 1450. The Morgan fingerprint density at radius 3 is 2.54 bits per heavy atom. The number of nitrogens with one attached hydrogen (secondary N) is 1. The number of fused-ring (bicyclic) bond motifs is 6. The molecule has 6 rings (SSSR count). The van der Waals surface area contributed by atoms with Crippen LogP contribution in [0.5, 0.6) is 0 Å². The van der Waals surface area contributed by atoms with Crippen LogP contribution < -0.4 is 10.2 Å². The van der Waals surface area contributed by atoms with Crippen molar-refractivity contribution in [2.75, 3.05) is 10.2 Å². The molecule has 3 aliphatic rings. The second kappa shape index (κ2) is 7.62. The van der Waals surface area contributed by atoms with Crippen molar-refractivity contribution in [3.8, 4) is 0 Å². The third-order valence-electron chi connectivity index (χ3n) is 7.42. The van der Waals surface area contributed by atoms with E-state index in [-0.39, 0.29) is 23.0 Å². The molecule has 3 heterocycles. The van der Waals surface area contributed by atoms with Gasteiger partial charge in [-0.25, -0.2) is 4.39 Å². The van der Waals surface area contributed by atoms with Crippen LogP contribution in [0.1, 0.15) is 28.4 Å². The third kappa shape index (κ3) is 2.89. The number of carbonyl (C=O) groups excluding carboxylic acids is 3. The van der Waals surface area contributed by atoms with Gasteiger partial charge >= 0.3 is 0 Å². The molecular weight excluding hydrogens is 467 g/mol. The minimum Gasteiger partial charge on any atom is -0.352 e. The summed E-state index contributed by atoms with van der Waals surface area (Å²) in [5.74, 6) is -2.46. The van der Waals surface area contributed by atoms with Crippen molar-refractivity contribution in [3.63, 3.8) is 0 Å². The van der Waals surface area contributed by atoms with Crippen molar-refractivity contribution in [1.29, 1.82) is 0 Å². The molecule has 174 valence electrons. The molecule has 0 aliphatic carbocycles. The van der Waals surface area contributed by atoms with Crippen molar-refractivity contribution in [3.05, 3.63) is 100 Å². The van der Waals surface area contributed by atoms with Crippen LogP contribution in [0.15, 0.2) is 72.8 Å². The van der Waals surface area contributed by atoms with Crippen molar-refractivity contribution in [1.82, 2.24) is 0 Å². The highest BCUT2D eigenvalue weighted by Gasteiger charge is 2.69. The largest absolute Gasteiger partial charge is 0.352 e. The SMILES string of the molecule is CC(=O)[C@H]1[C@@H](C(=O)c2ccc(F)cc2)[C@]2(C(=O)Nc3ccccc32)[C@@H]2C=Cc3cc(Cl)ccc3N21. The maximum absolute atomic E-state index is 14.2. The molecule has 1 fully saturated rings. The van der Waals surface area contributed by atoms with Crippen molar-refractivity contribution < 1.29 is 18.8 Å². The molecule has 35 heavy (non-hydrogen) atoms. The molecule has 3 aromatic carbocycles. The van der Waals surface area contributed by atoms with Gasteiger partial charge in [-0.15, -0.1) is 0 Å². The number of para-hydroxylation sites is 1. The molecule has 0 saturated carbocycles. The lowest BCUT2D eigenvalue weighted by molar-refractivity contribution is -0.122. The van der Waals surface area contributed by atoms with E-state index in [2.05, 4.69) is 5.32 Å². The van der Waals surface area contributed by atoms with Crippen molar-refractivity contribution in [2.24, 2.45) is 5.92 Å². The van der Waals surface area contributed by atoms with Crippen LogP contribution in [0.3, 0.4) is 0 Å². The van der Waals surface area contributed by atoms with Gasteiger partial charge in [0.1, 0.15) is 11.2 Å². The normalized spacial score (nSPS) is 25.7. The zero-order chi connectivity index (χ0) is 24.5. The standard InChI is InChI=1S/C28H20ClFN2O3/c1-15(33)25-24(26(34)16-6-10-19(30)11-7-16)28(20-4-2-3-5-21(20)31-27(28)35)23-13-8-17-14-18(29)9-12-22(17)32(23)25/h2-14,23-25H,1H3,(H,31,35)/t23-,24-,25-,28+/m0/s1. The smallest absolute Gasteiger partial charge is 0.238 e. The summed E-state index contributed by atoms with van der Waals surface area (Å²) in [4.78, 5) is 43.3. The Kier molecular flexibility index (Phi) is 4.73. The summed E-state index contributed by atoms with van der Waals surface area (Å²) in [5.41, 5.74) is 1.72. The topological polar surface area (TPSA) is 66.5 Å². The molecule has 0 radical (unpaired) electrons. The van der Waals surface area contributed by atoms with Gasteiger partial charge in [-0.2, -0.15) is 0 Å². The number of nitrogens with zero attached hydrogens (tertiary/aromatic N) is 1. The summed E-state index contributed by atoms with van der Waals surface area (Å²) in [5, 5.41) is 3.50. The Morgan fingerprint density at radius 1 is 1.06 bits per heavy atom. The predicted octanol–water partition coefficient (Wildman–Crippen LogP) is 5.04. The second-order valence-corrected chi connectivity index (χ2v) is 9.62. The summed E-state index contributed by atoms with van der Waals surface area (Å²) in [6.45, 7) is 1.44. The Balaban J connectivity index is 1.65. The molecule has 3 aliphatic heterocycles. The van der Waals surface area contributed by atoms with E-state index in [1.807, 2.05) is 41.3 Å². The highest BCUT2D eigenvalue weighted by molar-refractivity contribution is 6.31. The van der Waals surface area contributed by atoms with Crippen LogP contribution in [-0.2, 0) is 15.0 Å². The Labute approximate surface area is 206 Å². The van der Waals surface area contributed by atoms with E-state index in [0.717, 1.165) is 11.3 Å². The first kappa shape index (κ1) is 21.7. The number of anilines is 2. The maximum Gasteiger partial charge on any atom is 0.238 e. The lowest BCUT2D eigenvalue weighted by atomic mass is 9.64. The fourth-order valence-corrected chi connectivity index (χ4v) is 6.28. The number of carbonyl (C=O) groups is 3. The zero-order valence-electron chi connectivity index (χ0n) is 18.7. The van der Waals surface area contributed by atoms with Gasteiger partial charge in [0.2, 0.25) is 5.91 Å². The molecule has 3 aromatic rings. The molecule has 0 bridgehead atoms. The average Bonchev–Trinajstić information content (AvgIpc) is 3.32. The van der Waals surface area contributed by atoms with Crippen LogP contribution in [0.2, 0.25) is 5.02 Å². The van der Waals surface area contributed by atoms with E-state index in [1.54, 1.807) is 18.2 Å². The van der Waals surface area contributed by atoms with Crippen LogP contribution >= 0.6 is 11.6 Å². The van der Waals surface area contributed by atoms with Gasteiger partial charge in [-0.1, -0.05) is 42.0 Å². The molecule has 4 atom stereocenters. The lowest BCUT2D eigenvalue weighted by Gasteiger charge is -2.37. The molecule has 5 nitrogen and oxygen atoms in total. The van der Waals surface area contributed by atoms with E-state index >= 15 is 0 Å². The zero-order valence-corrected chi connectivity index (χ0v) is 19.4. The van der Waals surface area contributed by atoms with Crippen molar-refractivity contribution >= 4 is 46.5 Å². The van der Waals surface area contributed by atoms with E-state index in [9.17, 15) is 18.8 Å². The number of amides is 1. The summed E-state index contributed by atoms with van der Waals surface area (Å²) < 4.78 is 13.7. The molecule has 0 aromatic heterocycles. The van der Waals surface area contributed by atoms with E-state index in [1.165, 1.54) is 31.2 Å². The summed E-state index contributed by atoms with van der Waals surface area (Å²) >= 11 is 6.23. The van der Waals surface area contributed by atoms with Gasteiger partial charge in [-0.05, 0) is 66.6 Å². The minimum atomic E-state index is -1.35. The van der Waals surface area contributed by atoms with Gasteiger partial charge in [0, 0.05) is 22.0 Å². The third-order valence-corrected chi connectivity index (χ3v) is 7.66. The Morgan fingerprint density at radius 2 is 1.80 bits per heavy atom. The molecule has 1 N–H and O–H groups in total. The molecular formula is C28H20ClFN2O3. The van der Waals surface area contributed by atoms with Gasteiger partial charge in [0.15, 0.2) is 11.6 Å². The summed E-state index contributed by atoms with van der Waals surface area (Å²) in [6, 6.07) is 16.4. The summed E-state index contributed by atoms with van der Waals surface area (Å²) in [7, 11) is 0. The number of ketones is 2. The average molecular weight is 487 g/mol. The number of Topliss-reactive ketones (excluding diaryl/α,β-unsaturated/α-hetero) is 2. The predicted molar refractivity (Wildman–Crippen MR) is 132 cm³/mol. The van der Waals surface area contributed by atoms with Crippen LogP contribution in [0, 0.1) is 11.7 Å². The molecule has 1 amide bonds. The van der Waals surface area contributed by atoms with Gasteiger partial charge in [0.05, 0.1) is 18.0 Å². The fraction of sp³-hybridized carbons (Fsp3) is 0.179. The first-order chi connectivity index (χ1) is 16.8. The van der Waals surface area contributed by atoms with Gasteiger partial charge in [0.25, 0.3) is 0 Å². The molecule has 0 unspecified atom stereocenters. The first-order valence-corrected chi connectivity index (χ1v) is 11.7. The fourth-order valence-electron chi connectivity index (χ4n) is 6.10. The minimum absolute atomic E-state index is 0.235. The van der Waals surface area contributed by atoms with Gasteiger partial charge in [-0.3, -0.25) is 14.4 Å². The van der Waals surface area contributed by atoms with E-state index < -0.39 is 29.2 Å². The van der Waals surface area contributed by atoms with Gasteiger partial charge < -0.3 is 10.2 Å². The second-order valence-electron chi connectivity index (χ2n) is 9.19. The number of hydrogen-bond acceptors (Lipinski definition) is 4. The monoisotopic (exact) mass is 486 g/mol. The van der Waals surface area contributed by atoms with E-state index in [4.69, 9.17) is 11.6 Å². The van der Waals surface area contributed by atoms with Crippen LogP contribution in [0.25, 0.3) is 6.08 Å². The number of benzene rings is 3. The highest BCUT2D eigenvalue weighted by atomic mass is 35.5. The first-order valence-electron chi connectivity index (χ1n) is 11.3. The number of halogens is 2. The Hall–Kier alpha value is -3.77. The lowest BCUT2D eigenvalue weighted by Crippen LogP contribution is -2.51. The maximum atomic E-state index is 14.2. The molecule has 1 spiro atoms. The molecule has 1 saturated heterocycles. The highest BCUT2D eigenvalue weighted by Crippen LogP contribution is 2.57.